The third-order valence-corrected chi connectivity index (χ3v) is 3.55. The molecule has 0 spiro atoms. The average Bonchev–Trinajstić information content (AvgIpc) is 2.45. The Kier molecular flexibility index (Phi) is 5.69. The quantitative estimate of drug-likeness (QED) is 0.685. The summed E-state index contributed by atoms with van der Waals surface area (Å²) in [5, 5.41) is 17.9. The third-order valence-electron chi connectivity index (χ3n) is 3.55. The van der Waals surface area contributed by atoms with E-state index in [4.69, 9.17) is 10.2 Å². The van der Waals surface area contributed by atoms with Gasteiger partial charge in [0.05, 0.1) is 5.92 Å². The second-order valence-electron chi connectivity index (χ2n) is 5.27. The molecule has 21 heavy (non-hydrogen) atoms. The lowest BCUT2D eigenvalue weighted by molar-refractivity contribution is -0.159. The lowest BCUT2D eigenvalue weighted by atomic mass is 10.0. The zero-order valence-electron chi connectivity index (χ0n) is 12.1. The summed E-state index contributed by atoms with van der Waals surface area (Å²) in [5.41, 5.74) is 0. The predicted molar refractivity (Wildman–Crippen MR) is 71.4 cm³/mol. The van der Waals surface area contributed by atoms with E-state index in [0.717, 1.165) is 9.80 Å². The number of carboxylic acids is 2. The summed E-state index contributed by atoms with van der Waals surface area (Å²) >= 11 is 0. The number of nitrogens with zero attached hydrogens (tertiary/aromatic N) is 2. The van der Waals surface area contributed by atoms with Gasteiger partial charge in [0.2, 0.25) is 0 Å². The number of carbonyl (C=O) groups excluding carboxylic acids is 2. The van der Waals surface area contributed by atoms with Crippen molar-refractivity contribution in [3.8, 4) is 0 Å². The molecule has 0 aromatic carbocycles. The molecule has 0 bridgehead atoms. The second-order valence-corrected chi connectivity index (χ2v) is 5.27. The summed E-state index contributed by atoms with van der Waals surface area (Å²) in [6.45, 7) is 1.55. The Labute approximate surface area is 122 Å². The van der Waals surface area contributed by atoms with Crippen molar-refractivity contribution in [2.24, 2.45) is 5.92 Å². The van der Waals surface area contributed by atoms with Crippen LogP contribution in [0.2, 0.25) is 0 Å². The van der Waals surface area contributed by atoms with E-state index in [2.05, 4.69) is 0 Å². The van der Waals surface area contributed by atoms with Gasteiger partial charge in [0.25, 0.3) is 0 Å². The molecule has 1 heterocycles. The fraction of sp³-hybridized carbons (Fsp3) is 0.692. The molecule has 8 nitrogen and oxygen atoms in total. The normalized spacial score (nSPS) is 19.7. The van der Waals surface area contributed by atoms with E-state index >= 15 is 0 Å². The zero-order valence-corrected chi connectivity index (χ0v) is 12.1. The van der Waals surface area contributed by atoms with Crippen LogP contribution in [0.3, 0.4) is 0 Å². The number of hydrogen-bond donors (Lipinski definition) is 2. The smallest absolute Gasteiger partial charge is 0.326 e. The molecule has 2 N–H and O–H groups in total. The molecule has 0 aliphatic carbocycles. The first-order valence-corrected chi connectivity index (χ1v) is 6.77. The zero-order chi connectivity index (χ0) is 16.2. The van der Waals surface area contributed by atoms with E-state index in [1.807, 2.05) is 0 Å². The monoisotopic (exact) mass is 300 g/mol. The SMILES string of the molecule is CC(CN(C)C(=O)C(=O)N1CCCC[C@@H]1C(=O)O)C(=O)O. The van der Waals surface area contributed by atoms with Gasteiger partial charge < -0.3 is 20.0 Å². The minimum absolute atomic E-state index is 0.106. The van der Waals surface area contributed by atoms with Crippen LogP contribution in [0.25, 0.3) is 0 Å². The number of aliphatic carboxylic acids is 2. The lowest BCUT2D eigenvalue weighted by Crippen LogP contribution is -2.53. The highest BCUT2D eigenvalue weighted by Crippen LogP contribution is 2.18. The van der Waals surface area contributed by atoms with Crippen LogP contribution in [0, 0.1) is 5.92 Å². The number of carbonyl (C=O) groups is 4. The maximum Gasteiger partial charge on any atom is 0.326 e. The molecule has 0 saturated carbocycles. The number of likely N-dealkylation sites (N-methyl/N-ethyl adjacent to an activating group) is 1. The highest BCUT2D eigenvalue weighted by molar-refractivity contribution is 6.35. The van der Waals surface area contributed by atoms with Gasteiger partial charge in [0, 0.05) is 20.1 Å². The van der Waals surface area contributed by atoms with Crippen LogP contribution in [0.5, 0.6) is 0 Å². The molecule has 118 valence electrons. The van der Waals surface area contributed by atoms with Crippen molar-refractivity contribution < 1.29 is 29.4 Å². The van der Waals surface area contributed by atoms with Crippen molar-refractivity contribution in [2.75, 3.05) is 20.1 Å². The average molecular weight is 300 g/mol. The number of piperidine rings is 1. The van der Waals surface area contributed by atoms with Crippen molar-refractivity contribution >= 4 is 23.8 Å². The fourth-order valence-corrected chi connectivity index (χ4v) is 2.29. The molecule has 1 aliphatic heterocycles. The molecule has 1 saturated heterocycles. The first kappa shape index (κ1) is 16.9. The molecule has 1 fully saturated rings. The summed E-state index contributed by atoms with van der Waals surface area (Å²) < 4.78 is 0. The minimum Gasteiger partial charge on any atom is -0.481 e. The molecular formula is C13H20N2O6. The summed E-state index contributed by atoms with van der Waals surface area (Å²) in [6.07, 6.45) is 1.67. The number of likely N-dealkylation sites (tertiary alicyclic amines) is 1. The standard InChI is InChI=1S/C13H20N2O6/c1-8(12(18)19)7-14(2)10(16)11(17)15-6-4-3-5-9(15)13(20)21/h8-9H,3-7H2,1-2H3,(H,18,19)(H,20,21)/t8?,9-/m1/s1. The van der Waals surface area contributed by atoms with Gasteiger partial charge in [-0.15, -0.1) is 0 Å². The Hall–Kier alpha value is -2.12. The first-order valence-electron chi connectivity index (χ1n) is 6.77. The number of carboxylic acid groups (broad SMARTS) is 2. The minimum atomic E-state index is -1.13. The summed E-state index contributed by atoms with van der Waals surface area (Å²) in [7, 11) is 1.33. The Morgan fingerprint density at radius 3 is 2.38 bits per heavy atom. The van der Waals surface area contributed by atoms with Gasteiger partial charge in [-0.3, -0.25) is 14.4 Å². The van der Waals surface area contributed by atoms with E-state index in [0.29, 0.717) is 19.3 Å². The highest BCUT2D eigenvalue weighted by Gasteiger charge is 2.36. The third kappa shape index (κ3) is 4.17. The lowest BCUT2D eigenvalue weighted by Gasteiger charge is -2.33. The topological polar surface area (TPSA) is 115 Å². The van der Waals surface area contributed by atoms with E-state index < -0.39 is 35.7 Å². The molecule has 1 rings (SSSR count). The van der Waals surface area contributed by atoms with Crippen molar-refractivity contribution in [3.63, 3.8) is 0 Å². The Morgan fingerprint density at radius 1 is 1.24 bits per heavy atom. The Morgan fingerprint density at radius 2 is 1.86 bits per heavy atom. The van der Waals surface area contributed by atoms with E-state index in [9.17, 15) is 19.2 Å². The molecule has 1 unspecified atom stereocenters. The molecular weight excluding hydrogens is 280 g/mol. The van der Waals surface area contributed by atoms with Crippen molar-refractivity contribution in [3.05, 3.63) is 0 Å². The van der Waals surface area contributed by atoms with Gasteiger partial charge in [-0.05, 0) is 19.3 Å². The molecule has 8 heteroatoms. The molecule has 2 amide bonds. The predicted octanol–water partition coefficient (Wildman–Crippen LogP) is -0.369. The largest absolute Gasteiger partial charge is 0.481 e. The molecule has 0 radical (unpaired) electrons. The van der Waals surface area contributed by atoms with Crippen LogP contribution in [0.4, 0.5) is 0 Å². The number of amides is 2. The van der Waals surface area contributed by atoms with E-state index in [1.54, 1.807) is 0 Å². The Balaban J connectivity index is 2.74. The van der Waals surface area contributed by atoms with Gasteiger partial charge in [-0.2, -0.15) is 0 Å². The molecule has 0 aromatic heterocycles. The number of hydrogen-bond acceptors (Lipinski definition) is 4. The van der Waals surface area contributed by atoms with Crippen LogP contribution in [0.15, 0.2) is 0 Å². The van der Waals surface area contributed by atoms with Gasteiger partial charge in [0.15, 0.2) is 0 Å². The summed E-state index contributed by atoms with van der Waals surface area (Å²) in [6, 6.07) is -0.986. The van der Waals surface area contributed by atoms with E-state index in [1.165, 1.54) is 14.0 Å². The first-order chi connectivity index (χ1) is 9.75. The molecule has 0 aromatic rings. The highest BCUT2D eigenvalue weighted by atomic mass is 16.4. The van der Waals surface area contributed by atoms with Crippen LogP contribution < -0.4 is 0 Å². The summed E-state index contributed by atoms with van der Waals surface area (Å²) in [5.74, 6) is -4.76. The Bertz CT molecular complexity index is 450. The van der Waals surface area contributed by atoms with Gasteiger partial charge >= 0.3 is 23.8 Å². The summed E-state index contributed by atoms with van der Waals surface area (Å²) in [4.78, 5) is 48.1. The van der Waals surface area contributed by atoms with Gasteiger partial charge in [-0.25, -0.2) is 4.79 Å². The van der Waals surface area contributed by atoms with Crippen molar-refractivity contribution in [1.29, 1.82) is 0 Å². The molecule has 2 atom stereocenters. The van der Waals surface area contributed by atoms with E-state index in [-0.39, 0.29) is 13.1 Å². The maximum absolute atomic E-state index is 12.1. The van der Waals surface area contributed by atoms with Gasteiger partial charge in [0.1, 0.15) is 6.04 Å². The van der Waals surface area contributed by atoms with Crippen LogP contribution in [0.1, 0.15) is 26.2 Å². The van der Waals surface area contributed by atoms with Crippen molar-refractivity contribution in [2.45, 2.75) is 32.2 Å². The number of rotatable bonds is 4. The maximum atomic E-state index is 12.1. The van der Waals surface area contributed by atoms with Crippen molar-refractivity contribution in [1.82, 2.24) is 9.80 Å². The second kappa shape index (κ2) is 7.05. The van der Waals surface area contributed by atoms with Crippen LogP contribution >= 0.6 is 0 Å². The van der Waals surface area contributed by atoms with Gasteiger partial charge in [-0.1, -0.05) is 6.92 Å². The molecule has 1 aliphatic rings. The van der Waals surface area contributed by atoms with Crippen LogP contribution in [-0.2, 0) is 19.2 Å². The van der Waals surface area contributed by atoms with Crippen LogP contribution in [-0.4, -0.2) is 69.9 Å². The fourth-order valence-electron chi connectivity index (χ4n) is 2.29.